The molecule has 0 aliphatic rings. The molecule has 3 rings (SSSR count). The van der Waals surface area contributed by atoms with Crippen molar-refractivity contribution in [2.45, 2.75) is 39.0 Å². The predicted octanol–water partition coefficient (Wildman–Crippen LogP) is 8.91. The third-order valence-corrected chi connectivity index (χ3v) is 6.40. The van der Waals surface area contributed by atoms with Crippen LogP contribution < -0.4 is 0 Å². The van der Waals surface area contributed by atoms with Crippen LogP contribution in [-0.4, -0.2) is 0 Å². The minimum atomic E-state index is -2.76. The van der Waals surface area contributed by atoms with Gasteiger partial charge in [-0.25, -0.2) is 57.1 Å². The van der Waals surface area contributed by atoms with Crippen molar-refractivity contribution in [3.63, 3.8) is 0 Å². The Bertz CT molecular complexity index is 1280. The normalized spacial score (nSPS) is 12.0. The first-order valence-corrected chi connectivity index (χ1v) is 10.3. The van der Waals surface area contributed by atoms with Crippen LogP contribution in [0.25, 0.3) is 22.3 Å². The van der Waals surface area contributed by atoms with Crippen molar-refractivity contribution in [2.24, 2.45) is 0 Å². The first-order valence-electron chi connectivity index (χ1n) is 10.3. The molecule has 0 radical (unpaired) electrons. The molecule has 0 heterocycles. The summed E-state index contributed by atoms with van der Waals surface area (Å²) in [6.45, 7) is 3.71. The zero-order valence-corrected chi connectivity index (χ0v) is 18.8. The van der Waals surface area contributed by atoms with Crippen molar-refractivity contribution in [2.75, 3.05) is 0 Å². The van der Waals surface area contributed by atoms with Gasteiger partial charge in [-0.2, -0.15) is 0 Å². The van der Waals surface area contributed by atoms with Gasteiger partial charge in [0, 0.05) is 5.56 Å². The second-order valence-electron chi connectivity index (χ2n) is 8.22. The van der Waals surface area contributed by atoms with E-state index < -0.39 is 109 Å². The van der Waals surface area contributed by atoms with Gasteiger partial charge in [0.25, 0.3) is 0 Å². The Hall–Kier alpha value is -3.25. The van der Waals surface area contributed by atoms with Crippen LogP contribution in [0.2, 0.25) is 0 Å². The third kappa shape index (κ3) is 3.93. The Kier molecular flexibility index (Phi) is 7.32. The average Bonchev–Trinajstić information content (AvgIpc) is 2.87. The largest absolute Gasteiger partial charge is 0.206 e. The highest BCUT2D eigenvalue weighted by Crippen LogP contribution is 2.47. The Morgan fingerprint density at radius 1 is 0.351 bits per heavy atom. The number of hydrogen-bond donors (Lipinski definition) is 0. The highest BCUT2D eigenvalue weighted by molar-refractivity contribution is 5.78. The summed E-state index contributed by atoms with van der Waals surface area (Å²) < 4.78 is 188. The fourth-order valence-electron chi connectivity index (χ4n) is 3.89. The summed E-state index contributed by atoms with van der Waals surface area (Å²) in [7, 11) is 0. The predicted molar refractivity (Wildman–Crippen MR) is 105 cm³/mol. The van der Waals surface area contributed by atoms with Crippen LogP contribution in [0.5, 0.6) is 0 Å². The molecule has 37 heavy (non-hydrogen) atoms. The smallest absolute Gasteiger partial charge is 0.200 e. The molecule has 0 spiro atoms. The van der Waals surface area contributed by atoms with Gasteiger partial charge in [-0.1, -0.05) is 20.8 Å². The topological polar surface area (TPSA) is 0 Å². The van der Waals surface area contributed by atoms with E-state index in [9.17, 15) is 43.9 Å². The summed E-state index contributed by atoms with van der Waals surface area (Å²) in [6, 6.07) is 0. The fraction of sp³-hybridized carbons (Fsp3) is 0.250. The molecule has 200 valence electrons. The summed E-state index contributed by atoms with van der Waals surface area (Å²) in [4.78, 5) is 0. The van der Waals surface area contributed by atoms with Crippen LogP contribution in [0.3, 0.4) is 0 Å². The molecule has 0 saturated carbocycles. The van der Waals surface area contributed by atoms with Crippen molar-refractivity contribution in [1.29, 1.82) is 0 Å². The molecule has 0 atom stereocenters. The van der Waals surface area contributed by atoms with Crippen molar-refractivity contribution >= 4 is 0 Å². The molecular weight excluding hydrogens is 535 g/mol. The number of hydrogen-bond acceptors (Lipinski definition) is 0. The highest BCUT2D eigenvalue weighted by atomic mass is 19.2. The second-order valence-corrected chi connectivity index (χ2v) is 8.22. The Labute approximate surface area is 200 Å². The maximum absolute atomic E-state index is 15.6. The zero-order valence-electron chi connectivity index (χ0n) is 18.8. The quantitative estimate of drug-likeness (QED) is 0.170. The molecule has 0 amide bonds. The van der Waals surface area contributed by atoms with Gasteiger partial charge in [0.15, 0.2) is 46.5 Å². The fourth-order valence-corrected chi connectivity index (χ4v) is 3.89. The lowest BCUT2D eigenvalue weighted by Gasteiger charge is -2.30. The second kappa shape index (κ2) is 9.56. The first kappa shape index (κ1) is 28.3. The zero-order chi connectivity index (χ0) is 28.3. The van der Waals surface area contributed by atoms with Crippen molar-refractivity contribution in [3.8, 4) is 22.3 Å². The molecule has 0 N–H and O–H groups in total. The summed E-state index contributed by atoms with van der Waals surface area (Å²) in [6.07, 6.45) is -0.508. The summed E-state index contributed by atoms with van der Waals surface area (Å²) in [5.74, 6) is -34.5. The molecule has 0 bridgehead atoms. The monoisotopic (exact) mass is 548 g/mol. The van der Waals surface area contributed by atoms with E-state index in [-0.39, 0.29) is 12.8 Å². The van der Waals surface area contributed by atoms with Gasteiger partial charge >= 0.3 is 0 Å². The van der Waals surface area contributed by atoms with Gasteiger partial charge in [0.05, 0.1) is 22.3 Å². The van der Waals surface area contributed by atoms with Crippen LogP contribution in [0.4, 0.5) is 57.1 Å². The number of benzene rings is 3. The van der Waals surface area contributed by atoms with E-state index in [1.165, 1.54) is 13.8 Å². The summed E-state index contributed by atoms with van der Waals surface area (Å²) in [5, 5.41) is 0. The van der Waals surface area contributed by atoms with E-state index in [4.69, 9.17) is 0 Å². The van der Waals surface area contributed by atoms with Crippen molar-refractivity contribution in [3.05, 3.63) is 81.2 Å². The van der Waals surface area contributed by atoms with E-state index >= 15 is 13.2 Å². The number of rotatable bonds is 5. The van der Waals surface area contributed by atoms with Gasteiger partial charge in [-0.05, 0) is 18.3 Å². The lowest BCUT2D eigenvalue weighted by Crippen LogP contribution is -2.25. The minimum absolute atomic E-state index is 0.254. The van der Waals surface area contributed by atoms with Gasteiger partial charge in [-0.15, -0.1) is 0 Å². The van der Waals surface area contributed by atoms with E-state index in [0.29, 0.717) is 0 Å². The average molecular weight is 548 g/mol. The lowest BCUT2D eigenvalue weighted by molar-refractivity contribution is 0.374. The van der Waals surface area contributed by atoms with Crippen LogP contribution >= 0.6 is 0 Å². The molecule has 3 aromatic rings. The Morgan fingerprint density at radius 2 is 0.568 bits per heavy atom. The van der Waals surface area contributed by atoms with Crippen molar-refractivity contribution < 1.29 is 57.1 Å². The van der Waals surface area contributed by atoms with E-state index in [1.807, 2.05) is 0 Å². The molecule has 0 fully saturated rings. The molecule has 0 aliphatic carbocycles. The van der Waals surface area contributed by atoms with E-state index in [0.717, 1.165) is 6.92 Å². The number of halogens is 13. The maximum Gasteiger partial charge on any atom is 0.200 e. The molecule has 0 nitrogen and oxygen atoms in total. The van der Waals surface area contributed by atoms with Crippen LogP contribution in [0.1, 0.15) is 39.2 Å². The molecule has 0 unspecified atom stereocenters. The van der Waals surface area contributed by atoms with Crippen LogP contribution in [-0.2, 0) is 5.41 Å². The van der Waals surface area contributed by atoms with E-state index in [1.54, 1.807) is 0 Å². The highest BCUT2D eigenvalue weighted by Gasteiger charge is 2.41. The van der Waals surface area contributed by atoms with Gasteiger partial charge in [0.2, 0.25) is 11.6 Å². The van der Waals surface area contributed by atoms with Gasteiger partial charge in [-0.3, -0.25) is 0 Å². The maximum atomic E-state index is 15.6. The summed E-state index contributed by atoms with van der Waals surface area (Å²) >= 11 is 0. The lowest BCUT2D eigenvalue weighted by atomic mass is 9.74. The van der Waals surface area contributed by atoms with E-state index in [2.05, 4.69) is 0 Å². The minimum Gasteiger partial charge on any atom is -0.206 e. The van der Waals surface area contributed by atoms with Crippen LogP contribution in [0, 0.1) is 75.6 Å². The first-order chi connectivity index (χ1) is 17.1. The molecule has 0 aliphatic heterocycles. The molecule has 0 saturated heterocycles. The molecular formula is C24H13F13. The SMILES string of the molecule is CCC(C)(CC)c1c(F)c(-c2c(F)c(F)c(F)c(F)c2F)c(F)c(-c2c(F)c(F)c(F)c(F)c2F)c1F. The van der Waals surface area contributed by atoms with Gasteiger partial charge in [0.1, 0.15) is 17.5 Å². The Balaban J connectivity index is 2.73. The summed E-state index contributed by atoms with van der Waals surface area (Å²) in [5.41, 5.74) is -12.1. The molecule has 3 aromatic carbocycles. The molecule has 13 heteroatoms. The van der Waals surface area contributed by atoms with Crippen molar-refractivity contribution in [1.82, 2.24) is 0 Å². The third-order valence-electron chi connectivity index (χ3n) is 6.40. The molecule has 0 aromatic heterocycles. The standard InChI is InChI=1S/C24H13F13/c1-4-24(3,5-2)10-12(26)6(8-14(28)18(32)22(36)19(33)15(8)29)11(25)7(13(10)27)9-16(30)20(34)23(37)21(35)17(9)31/h4-5H2,1-3H3. The van der Waals surface area contributed by atoms with Gasteiger partial charge < -0.3 is 0 Å². The Morgan fingerprint density at radius 3 is 0.811 bits per heavy atom. The van der Waals surface area contributed by atoms with Crippen LogP contribution in [0.15, 0.2) is 0 Å².